The van der Waals surface area contributed by atoms with Gasteiger partial charge in [0.2, 0.25) is 6.79 Å². The second kappa shape index (κ2) is 12.5. The molecule has 1 aliphatic heterocycles. The summed E-state index contributed by atoms with van der Waals surface area (Å²) in [7, 11) is 0. The monoisotopic (exact) mass is 544 g/mol. The van der Waals surface area contributed by atoms with Crippen molar-refractivity contribution >= 4 is 47.4 Å². The molecule has 0 bridgehead atoms. The molecule has 3 rings (SSSR count). The first-order valence-corrected chi connectivity index (χ1v) is 10.7. The van der Waals surface area contributed by atoms with Crippen molar-refractivity contribution in [2.45, 2.75) is 13.0 Å². The Labute approximate surface area is 197 Å². The highest BCUT2D eigenvalue weighted by atomic mass is 127. The average molecular weight is 544 g/mol. The van der Waals surface area contributed by atoms with E-state index in [4.69, 9.17) is 9.47 Å². The molecule has 0 atom stereocenters. The second-order valence-electron chi connectivity index (χ2n) is 6.37. The van der Waals surface area contributed by atoms with Crippen LogP contribution in [0.1, 0.15) is 11.1 Å². The Kier molecular flexibility index (Phi) is 10.0. The maximum Gasteiger partial charge on any atom is 0.269 e. The Morgan fingerprint density at radius 3 is 2.53 bits per heavy atom. The van der Waals surface area contributed by atoms with Gasteiger partial charge in [0.1, 0.15) is 0 Å². The molecule has 8 nitrogen and oxygen atoms in total. The molecule has 10 heteroatoms. The van der Waals surface area contributed by atoms with Gasteiger partial charge in [-0.15, -0.1) is 24.0 Å². The van der Waals surface area contributed by atoms with Crippen LogP contribution >= 0.6 is 35.7 Å². The first kappa shape index (κ1) is 24.1. The molecule has 1 heterocycles. The predicted octanol–water partition coefficient (Wildman–Crippen LogP) is 3.58. The highest BCUT2D eigenvalue weighted by Gasteiger charge is 2.13. The Balaban J connectivity index is 0.00000320. The topological polar surface area (TPSA) is 98.0 Å². The average Bonchev–Trinajstić information content (AvgIpc) is 3.20. The second-order valence-corrected chi connectivity index (χ2v) is 7.36. The van der Waals surface area contributed by atoms with E-state index in [0.717, 1.165) is 47.3 Å². The normalized spacial score (nSPS) is 12.2. The van der Waals surface area contributed by atoms with Gasteiger partial charge in [0.15, 0.2) is 17.5 Å². The van der Waals surface area contributed by atoms with Crippen molar-refractivity contribution in [1.29, 1.82) is 0 Å². The number of guanidine groups is 1. The quantitative estimate of drug-likeness (QED) is 0.124. The van der Waals surface area contributed by atoms with Crippen molar-refractivity contribution in [1.82, 2.24) is 10.6 Å². The number of thioether (sulfide) groups is 1. The summed E-state index contributed by atoms with van der Waals surface area (Å²) in [6.07, 6.45) is 2.87. The van der Waals surface area contributed by atoms with E-state index in [9.17, 15) is 10.1 Å². The molecule has 0 aromatic heterocycles. The summed E-state index contributed by atoms with van der Waals surface area (Å²) < 4.78 is 10.8. The van der Waals surface area contributed by atoms with Gasteiger partial charge in [0.05, 0.1) is 11.5 Å². The molecule has 0 unspecified atom stereocenters. The molecule has 1 aliphatic rings. The lowest BCUT2D eigenvalue weighted by Crippen LogP contribution is -2.39. The Morgan fingerprint density at radius 1 is 1.10 bits per heavy atom. The van der Waals surface area contributed by atoms with Crippen LogP contribution in [0.2, 0.25) is 0 Å². The Bertz CT molecular complexity index is 864. The van der Waals surface area contributed by atoms with E-state index >= 15 is 0 Å². The number of benzene rings is 2. The third-order valence-corrected chi connectivity index (χ3v) is 4.92. The van der Waals surface area contributed by atoms with Crippen LogP contribution in [-0.2, 0) is 13.0 Å². The van der Waals surface area contributed by atoms with Gasteiger partial charge in [-0.2, -0.15) is 11.8 Å². The zero-order valence-corrected chi connectivity index (χ0v) is 19.8. The third-order valence-electron chi connectivity index (χ3n) is 4.31. The first-order valence-electron chi connectivity index (χ1n) is 9.28. The maximum atomic E-state index is 10.8. The summed E-state index contributed by atoms with van der Waals surface area (Å²) in [5.74, 6) is 3.26. The largest absolute Gasteiger partial charge is 0.454 e. The van der Waals surface area contributed by atoms with Crippen LogP contribution in [0.25, 0.3) is 0 Å². The van der Waals surface area contributed by atoms with Crippen molar-refractivity contribution in [2.24, 2.45) is 4.99 Å². The number of rotatable bonds is 9. The summed E-state index contributed by atoms with van der Waals surface area (Å²) in [5.41, 5.74) is 2.15. The van der Waals surface area contributed by atoms with Gasteiger partial charge in [-0.25, -0.2) is 4.99 Å². The van der Waals surface area contributed by atoms with Gasteiger partial charge in [-0.1, -0.05) is 18.2 Å². The number of aliphatic imine (C=N–C) groups is 1. The van der Waals surface area contributed by atoms with E-state index in [1.807, 2.05) is 18.2 Å². The highest BCUT2D eigenvalue weighted by Crippen LogP contribution is 2.32. The predicted molar refractivity (Wildman–Crippen MR) is 130 cm³/mol. The van der Waals surface area contributed by atoms with E-state index < -0.39 is 4.92 Å². The fraction of sp³-hybridized carbons (Fsp3) is 0.350. The van der Waals surface area contributed by atoms with E-state index in [1.165, 1.54) is 12.1 Å². The van der Waals surface area contributed by atoms with Gasteiger partial charge in [-0.3, -0.25) is 10.1 Å². The number of fused-ring (bicyclic) bond motifs is 1. The third kappa shape index (κ3) is 7.24. The van der Waals surface area contributed by atoms with Gasteiger partial charge >= 0.3 is 0 Å². The van der Waals surface area contributed by atoms with Crippen LogP contribution in [0.5, 0.6) is 11.5 Å². The fourth-order valence-corrected chi connectivity index (χ4v) is 3.07. The molecule has 0 fully saturated rings. The molecule has 2 aromatic carbocycles. The smallest absolute Gasteiger partial charge is 0.269 e. The van der Waals surface area contributed by atoms with Crippen LogP contribution in [0.4, 0.5) is 5.69 Å². The number of halogens is 1. The summed E-state index contributed by atoms with van der Waals surface area (Å²) in [6.45, 7) is 2.23. The minimum absolute atomic E-state index is 0. The molecule has 0 saturated carbocycles. The first-order chi connectivity index (χ1) is 14.2. The van der Waals surface area contributed by atoms with Gasteiger partial charge in [0, 0.05) is 31.0 Å². The Hall–Kier alpha value is -2.21. The molecule has 0 radical (unpaired) electrons. The van der Waals surface area contributed by atoms with Crippen LogP contribution in [0.3, 0.4) is 0 Å². The van der Waals surface area contributed by atoms with Gasteiger partial charge in [0.25, 0.3) is 5.69 Å². The number of hydrogen-bond donors (Lipinski definition) is 2. The van der Waals surface area contributed by atoms with E-state index in [0.29, 0.717) is 13.1 Å². The summed E-state index contributed by atoms with van der Waals surface area (Å²) >= 11 is 1.76. The van der Waals surface area contributed by atoms with E-state index in [1.54, 1.807) is 23.9 Å². The van der Waals surface area contributed by atoms with Crippen LogP contribution < -0.4 is 20.1 Å². The van der Waals surface area contributed by atoms with Crippen molar-refractivity contribution < 1.29 is 14.4 Å². The number of nitrogens with zero attached hydrogens (tertiary/aromatic N) is 2. The summed E-state index contributed by atoms with van der Waals surface area (Å²) in [4.78, 5) is 15.0. The fourth-order valence-electron chi connectivity index (χ4n) is 2.76. The summed E-state index contributed by atoms with van der Waals surface area (Å²) in [5, 5.41) is 17.4. The van der Waals surface area contributed by atoms with E-state index in [2.05, 4.69) is 21.9 Å². The summed E-state index contributed by atoms with van der Waals surface area (Å²) in [6, 6.07) is 12.4. The van der Waals surface area contributed by atoms with Crippen molar-refractivity contribution in [3.05, 3.63) is 63.7 Å². The Morgan fingerprint density at radius 2 is 1.80 bits per heavy atom. The SMILES string of the molecule is CSCCNC(=NCc1ccc([N+](=O)[O-])cc1)NCCc1ccc2c(c1)OCO2.I. The number of nitro benzene ring substituents is 1. The lowest BCUT2D eigenvalue weighted by atomic mass is 10.1. The highest BCUT2D eigenvalue weighted by molar-refractivity contribution is 14.0. The molecular formula is C20H25IN4O4S. The number of ether oxygens (including phenoxy) is 2. The lowest BCUT2D eigenvalue weighted by molar-refractivity contribution is -0.384. The van der Waals surface area contributed by atoms with Gasteiger partial charge < -0.3 is 20.1 Å². The number of hydrogen-bond acceptors (Lipinski definition) is 6. The number of nitro groups is 1. The minimum Gasteiger partial charge on any atom is -0.454 e. The lowest BCUT2D eigenvalue weighted by Gasteiger charge is -2.12. The van der Waals surface area contributed by atoms with Crippen LogP contribution in [0, 0.1) is 10.1 Å². The van der Waals surface area contributed by atoms with Gasteiger partial charge in [-0.05, 0) is 35.9 Å². The molecule has 30 heavy (non-hydrogen) atoms. The molecule has 0 aliphatic carbocycles. The van der Waals surface area contributed by atoms with Crippen molar-refractivity contribution in [2.75, 3.05) is 31.9 Å². The number of non-ortho nitro benzene ring substituents is 1. The molecule has 162 valence electrons. The van der Waals surface area contributed by atoms with Crippen molar-refractivity contribution in [3.8, 4) is 11.5 Å². The maximum absolute atomic E-state index is 10.8. The van der Waals surface area contributed by atoms with E-state index in [-0.39, 0.29) is 36.5 Å². The zero-order chi connectivity index (χ0) is 20.5. The standard InChI is InChI=1S/C20H24N4O4S.HI/c1-29-11-10-22-20(23-13-16-2-5-17(6-3-16)24(25)26)21-9-8-15-4-7-18-19(12-15)28-14-27-18;/h2-7,12H,8-11,13-14H2,1H3,(H2,21,22,23);1H. The van der Waals surface area contributed by atoms with Crippen LogP contribution in [0.15, 0.2) is 47.5 Å². The zero-order valence-electron chi connectivity index (χ0n) is 16.6. The molecular weight excluding hydrogens is 519 g/mol. The van der Waals surface area contributed by atoms with Crippen molar-refractivity contribution in [3.63, 3.8) is 0 Å². The molecule has 0 amide bonds. The minimum atomic E-state index is -0.403. The molecule has 0 spiro atoms. The van der Waals surface area contributed by atoms with Crippen LogP contribution in [-0.4, -0.2) is 42.8 Å². The number of nitrogens with one attached hydrogen (secondary N) is 2. The molecule has 2 N–H and O–H groups in total. The molecule has 0 saturated heterocycles. The molecule has 2 aromatic rings.